The summed E-state index contributed by atoms with van der Waals surface area (Å²) in [4.78, 5) is 120. The predicted octanol–water partition coefficient (Wildman–Crippen LogP) is 8.57. The minimum Gasteiger partial charge on any atom is -0.493 e. The molecule has 0 bridgehead atoms. The summed E-state index contributed by atoms with van der Waals surface area (Å²) in [5.41, 5.74) is 5.77. The van der Waals surface area contributed by atoms with Gasteiger partial charge in [0.15, 0.2) is 34.5 Å². The van der Waals surface area contributed by atoms with Crippen LogP contribution in [-0.4, -0.2) is 252 Å². The van der Waals surface area contributed by atoms with E-state index < -0.39 is 23.9 Å². The molecule has 1 aliphatic carbocycles. The van der Waals surface area contributed by atoms with Gasteiger partial charge in [-0.15, -0.1) is 0 Å². The number of aliphatic imine (C=N–C) groups is 2. The van der Waals surface area contributed by atoms with Gasteiger partial charge in [0.2, 0.25) is 42.2 Å². The number of likely N-dealkylation sites (tertiary alicyclic amines) is 1. The molecule has 6 heterocycles. The van der Waals surface area contributed by atoms with Crippen LogP contribution in [0.3, 0.4) is 0 Å². The van der Waals surface area contributed by atoms with Crippen LogP contribution in [0.25, 0.3) is 11.1 Å². The number of hydrogen-bond acceptors (Lipinski definition) is 24. The van der Waals surface area contributed by atoms with E-state index in [0.717, 1.165) is 48.0 Å². The number of anilines is 1. The standard InChI is InChI=1S/C84H109N9O22/c1-55(2)79(90-77(95)21-26-104-28-30-106-32-34-108-36-38-110-40-41-111-39-37-109-35-33-107-31-29-105-27-22-85-76(94)20-23-91-78(96)47-65(82(91)99)58-12-9-7-6-8-10-13-58)81(98)88-56(3)80(97)89-62-17-14-57(15-18-62)60-42-63-50-86-68-48-74(71(102-4)45-66(68)83(100)92(63)52-60)112-24-11-25-113-75-49-69-67(46-72(75)103-5)84(101)93-53-61(43-64(93)51-87-69)59-16-19-70-73(44-59)115-54-114-70/h14-19,44-46,48-53,55-56,58,63-65,79H,6-13,20-43,47,54H2,1-5H3,(H,85,94)(H,88,98)(H,89,97)(H,90,95)/t56-,63-,64-,65?,79?/m0/s1. The zero-order valence-electron chi connectivity index (χ0n) is 66.5. The van der Waals surface area contributed by atoms with Gasteiger partial charge in [0.25, 0.3) is 11.8 Å². The third kappa shape index (κ3) is 24.6. The molecule has 0 radical (unpaired) electrons. The molecule has 1 saturated carbocycles. The number of benzene rings is 4. The van der Waals surface area contributed by atoms with Gasteiger partial charge < -0.3 is 97.4 Å². The van der Waals surface area contributed by atoms with Gasteiger partial charge in [0, 0.05) is 94.3 Å². The quantitative estimate of drug-likeness (QED) is 0.0237. The van der Waals surface area contributed by atoms with Crippen LogP contribution in [0.15, 0.2) is 89.1 Å². The average molecular weight is 1600 g/mol. The third-order valence-corrected chi connectivity index (χ3v) is 20.7. The number of fused-ring (bicyclic) bond motifs is 5. The normalized spacial score (nSPS) is 18.2. The highest BCUT2D eigenvalue weighted by Gasteiger charge is 2.43. The Morgan fingerprint density at radius 1 is 0.513 bits per heavy atom. The summed E-state index contributed by atoms with van der Waals surface area (Å²) in [6, 6.07) is 17.1. The van der Waals surface area contributed by atoms with E-state index in [1.165, 1.54) is 38.4 Å². The molecule has 115 heavy (non-hydrogen) atoms. The molecule has 0 aromatic heterocycles. The monoisotopic (exact) mass is 1600 g/mol. The molecule has 31 nitrogen and oxygen atoms in total. The summed E-state index contributed by atoms with van der Waals surface area (Å²) < 4.78 is 79.3. The van der Waals surface area contributed by atoms with Crippen molar-refractivity contribution in [1.29, 1.82) is 0 Å². The molecule has 4 aromatic carbocycles. The third-order valence-electron chi connectivity index (χ3n) is 20.7. The first kappa shape index (κ1) is 86.0. The SMILES string of the molecule is COc1cc2c(cc1OCCCOc1cc3c(cc1OC)C(=O)N1C=C(c4ccc5c(c4)OCO5)C[C@H]1C=N3)N=C[C@@H]1CC(c3ccc(NC(=O)[C@H](C)NC(=O)C(NC(=O)CCOCCOCCOCCOCCOCCOCCOCCOCCNC(=O)CCN4C(=O)CC(C5CCCCCCC5)C4=O)C(C)C)cc3)=CN1C2=O. The second-order valence-electron chi connectivity index (χ2n) is 29.1. The van der Waals surface area contributed by atoms with Crippen molar-refractivity contribution < 1.29 is 105 Å². The Hall–Kier alpha value is -9.86. The number of amides is 8. The first-order chi connectivity index (χ1) is 56.0. The topological polar surface area (TPSA) is 348 Å². The van der Waals surface area contributed by atoms with Crippen LogP contribution in [0, 0.1) is 17.8 Å². The van der Waals surface area contributed by atoms with E-state index in [1.54, 1.807) is 79.4 Å². The molecule has 6 aliphatic heterocycles. The van der Waals surface area contributed by atoms with Gasteiger partial charge in [0.1, 0.15) is 12.1 Å². The Morgan fingerprint density at radius 2 is 1.01 bits per heavy atom. The smallest absolute Gasteiger partial charge is 0.260 e. The van der Waals surface area contributed by atoms with E-state index in [4.69, 9.17) is 76.3 Å². The summed E-state index contributed by atoms with van der Waals surface area (Å²) in [6.07, 6.45) is 16.9. The minimum absolute atomic E-state index is 0.0117. The van der Waals surface area contributed by atoms with E-state index in [1.807, 2.05) is 42.7 Å². The fraction of sp³-hybridized carbons (Fsp3) is 0.548. The van der Waals surface area contributed by atoms with Crippen molar-refractivity contribution in [2.75, 3.05) is 158 Å². The highest BCUT2D eigenvalue weighted by Crippen LogP contribution is 2.44. The van der Waals surface area contributed by atoms with Gasteiger partial charge in [-0.25, -0.2) is 0 Å². The summed E-state index contributed by atoms with van der Waals surface area (Å²) in [5.74, 6) is 0.369. The van der Waals surface area contributed by atoms with Gasteiger partial charge in [-0.1, -0.05) is 64.2 Å². The zero-order valence-corrected chi connectivity index (χ0v) is 66.5. The summed E-state index contributed by atoms with van der Waals surface area (Å²) in [6.45, 7) is 11.9. The molecule has 2 unspecified atom stereocenters. The van der Waals surface area contributed by atoms with Crippen LogP contribution in [0.4, 0.5) is 17.1 Å². The number of carbonyl (C=O) groups is 8. The van der Waals surface area contributed by atoms with Crippen molar-refractivity contribution in [3.05, 3.63) is 101 Å². The zero-order chi connectivity index (χ0) is 80.8. The van der Waals surface area contributed by atoms with Crippen LogP contribution in [0.2, 0.25) is 0 Å². The number of methoxy groups -OCH3 is 2. The Bertz CT molecular complexity index is 4100. The molecule has 2 fully saturated rings. The maximum atomic E-state index is 14.2. The Labute approximate surface area is 670 Å². The molecule has 4 aromatic rings. The second-order valence-corrected chi connectivity index (χ2v) is 29.1. The van der Waals surface area contributed by atoms with Crippen LogP contribution >= 0.6 is 0 Å². The van der Waals surface area contributed by atoms with E-state index in [-0.39, 0.29) is 124 Å². The van der Waals surface area contributed by atoms with Crippen molar-refractivity contribution in [3.8, 4) is 34.5 Å². The predicted molar refractivity (Wildman–Crippen MR) is 424 cm³/mol. The highest BCUT2D eigenvalue weighted by molar-refractivity contribution is 6.07. The number of ether oxygens (including phenoxy) is 14. The van der Waals surface area contributed by atoms with Gasteiger partial charge in [-0.05, 0) is 90.3 Å². The number of carbonyl (C=O) groups excluding carboxylic acids is 8. The molecule has 0 spiro atoms. The lowest BCUT2D eigenvalue weighted by Gasteiger charge is -2.24. The molecular weight excluding hydrogens is 1490 g/mol. The lowest BCUT2D eigenvalue weighted by molar-refractivity contribution is -0.140. The maximum Gasteiger partial charge on any atom is 0.260 e. The highest BCUT2D eigenvalue weighted by atomic mass is 16.7. The molecule has 11 rings (SSSR count). The number of hydrogen-bond donors (Lipinski definition) is 4. The molecule has 5 atom stereocenters. The fourth-order valence-corrected chi connectivity index (χ4v) is 14.4. The van der Waals surface area contributed by atoms with E-state index >= 15 is 0 Å². The molecule has 8 amide bonds. The van der Waals surface area contributed by atoms with E-state index in [9.17, 15) is 38.4 Å². The van der Waals surface area contributed by atoms with Crippen LogP contribution in [0.1, 0.15) is 136 Å². The van der Waals surface area contributed by atoms with Crippen molar-refractivity contribution >= 4 is 87.9 Å². The van der Waals surface area contributed by atoms with Gasteiger partial charge in [0.05, 0.1) is 174 Å². The summed E-state index contributed by atoms with van der Waals surface area (Å²) in [5, 5.41) is 11.1. The lowest BCUT2D eigenvalue weighted by atomic mass is 9.81. The van der Waals surface area contributed by atoms with Crippen molar-refractivity contribution in [3.63, 3.8) is 0 Å². The first-order valence-corrected chi connectivity index (χ1v) is 40.0. The number of nitrogens with one attached hydrogen (secondary N) is 4. The minimum atomic E-state index is -0.945. The van der Waals surface area contributed by atoms with Crippen LogP contribution in [-0.2, 0) is 66.7 Å². The molecule has 31 heteroatoms. The Morgan fingerprint density at radius 3 is 1.54 bits per heavy atom. The van der Waals surface area contributed by atoms with E-state index in [0.29, 0.717) is 181 Å². The second kappa shape index (κ2) is 44.3. The van der Waals surface area contributed by atoms with Crippen LogP contribution in [0.5, 0.6) is 34.5 Å². The molecule has 1 saturated heterocycles. The molecule has 4 N–H and O–H groups in total. The maximum absolute atomic E-state index is 14.2. The number of imide groups is 1. The van der Waals surface area contributed by atoms with E-state index in [2.05, 4.69) is 21.3 Å². The van der Waals surface area contributed by atoms with Gasteiger partial charge in [-0.2, -0.15) is 0 Å². The number of nitrogens with zero attached hydrogens (tertiary/aromatic N) is 5. The van der Waals surface area contributed by atoms with Crippen molar-refractivity contribution in [2.45, 2.75) is 128 Å². The van der Waals surface area contributed by atoms with Gasteiger partial charge >= 0.3 is 0 Å². The van der Waals surface area contributed by atoms with Gasteiger partial charge in [-0.3, -0.25) is 53.2 Å². The van der Waals surface area contributed by atoms with Crippen molar-refractivity contribution in [2.24, 2.45) is 27.7 Å². The molecule has 622 valence electrons. The van der Waals surface area contributed by atoms with Crippen molar-refractivity contribution in [1.82, 2.24) is 30.7 Å². The molecule has 7 aliphatic rings. The average Bonchev–Trinajstić information content (AvgIpc) is 1.65. The summed E-state index contributed by atoms with van der Waals surface area (Å²) >= 11 is 0. The fourth-order valence-electron chi connectivity index (χ4n) is 14.4. The Kier molecular flexibility index (Phi) is 33.1. The number of rotatable bonds is 47. The first-order valence-electron chi connectivity index (χ1n) is 40.0. The summed E-state index contributed by atoms with van der Waals surface area (Å²) in [7, 11) is 3.02. The lowest BCUT2D eigenvalue weighted by Crippen LogP contribution is -2.53. The molecular formula is C84H109N9O22. The Balaban J connectivity index is 0.481. The van der Waals surface area contributed by atoms with Crippen LogP contribution < -0.4 is 49.7 Å². The largest absolute Gasteiger partial charge is 0.493 e.